The van der Waals surface area contributed by atoms with E-state index in [4.69, 9.17) is 4.74 Å². The number of amides is 4. The zero-order valence-electron chi connectivity index (χ0n) is 23.7. The predicted octanol–water partition coefficient (Wildman–Crippen LogP) is 1.16. The minimum Gasteiger partial charge on any atom is -0.434 e. The van der Waals surface area contributed by atoms with Crippen LogP contribution in [0.15, 0.2) is 79.0 Å². The average Bonchev–Trinajstić information content (AvgIpc) is 3.36. The van der Waals surface area contributed by atoms with Gasteiger partial charge in [-0.15, -0.1) is 0 Å². The van der Waals surface area contributed by atoms with Crippen molar-refractivity contribution in [2.45, 2.75) is 49.7 Å². The Balaban J connectivity index is 1.30. The second kappa shape index (κ2) is 12.3. The van der Waals surface area contributed by atoms with Crippen LogP contribution < -0.4 is 10.6 Å². The van der Waals surface area contributed by atoms with E-state index >= 15 is 0 Å². The van der Waals surface area contributed by atoms with Crippen molar-refractivity contribution >= 4 is 40.4 Å². The Morgan fingerprint density at radius 1 is 0.909 bits per heavy atom. The number of carbonyl (C=O) groups excluding carboxylic acids is 5. The number of aromatic nitrogens is 1. The molecule has 3 aliphatic rings. The number of nitrogens with zero attached hydrogens (tertiary/aromatic N) is 3. The Labute approximate surface area is 252 Å². The van der Waals surface area contributed by atoms with Gasteiger partial charge in [-0.25, -0.2) is 0 Å². The highest BCUT2D eigenvalue weighted by Crippen LogP contribution is 2.26. The van der Waals surface area contributed by atoms with Crippen molar-refractivity contribution in [3.05, 3.63) is 90.3 Å². The Hall–Kier alpha value is -5.10. The van der Waals surface area contributed by atoms with Gasteiger partial charge in [0.05, 0.1) is 19.0 Å². The second-order valence-corrected chi connectivity index (χ2v) is 11.0. The molecule has 4 heterocycles. The first kappa shape index (κ1) is 29.0. The summed E-state index contributed by atoms with van der Waals surface area (Å²) in [5.74, 6) is -2.63. The van der Waals surface area contributed by atoms with Crippen molar-refractivity contribution in [2.24, 2.45) is 0 Å². The molecule has 5 atom stereocenters. The number of fused-ring (bicyclic) bond motifs is 2. The molecule has 2 saturated heterocycles. The first-order valence-electron chi connectivity index (χ1n) is 14.4. The molecule has 3 aromatic rings. The summed E-state index contributed by atoms with van der Waals surface area (Å²) < 4.78 is 4.77. The van der Waals surface area contributed by atoms with Crippen LogP contribution in [0.2, 0.25) is 0 Å². The SMILES string of the molecule is O=C1CC(NC(=O)[C@@H]2CN(C(=O)c3ccccc3)C[C@@H]3CC=CC[C@H](NC(=O)c4nccc5ccccc45)C(=O)N32)C(O)O1. The molecule has 12 nitrogen and oxygen atoms in total. The largest absolute Gasteiger partial charge is 0.434 e. The quantitative estimate of drug-likeness (QED) is 0.292. The molecule has 12 heteroatoms. The third kappa shape index (κ3) is 5.76. The smallest absolute Gasteiger partial charge is 0.310 e. The van der Waals surface area contributed by atoms with Crippen LogP contribution in [0.5, 0.6) is 0 Å². The van der Waals surface area contributed by atoms with Crippen LogP contribution in [0.1, 0.15) is 40.1 Å². The number of aliphatic hydroxyl groups excluding tert-OH is 1. The van der Waals surface area contributed by atoms with Gasteiger partial charge in [-0.05, 0) is 36.4 Å². The number of carbonyl (C=O) groups is 5. The van der Waals surface area contributed by atoms with E-state index < -0.39 is 54.1 Å². The van der Waals surface area contributed by atoms with Crippen LogP contribution in [0, 0.1) is 0 Å². The maximum atomic E-state index is 14.2. The fraction of sp³-hybridized carbons (Fsp3) is 0.312. The molecular weight excluding hydrogens is 566 g/mol. The molecule has 3 N–H and O–H groups in total. The van der Waals surface area contributed by atoms with Gasteiger partial charge in [0.15, 0.2) is 0 Å². The van der Waals surface area contributed by atoms with E-state index in [1.807, 2.05) is 24.3 Å². The topological polar surface area (TPSA) is 158 Å². The van der Waals surface area contributed by atoms with Crippen LogP contribution in [-0.2, 0) is 19.1 Å². The number of aliphatic hydroxyl groups is 1. The molecule has 0 saturated carbocycles. The summed E-state index contributed by atoms with van der Waals surface area (Å²) in [6, 6.07) is 13.9. The predicted molar refractivity (Wildman–Crippen MR) is 157 cm³/mol. The van der Waals surface area contributed by atoms with Gasteiger partial charge >= 0.3 is 5.97 Å². The molecule has 4 amide bonds. The summed E-state index contributed by atoms with van der Waals surface area (Å²) in [4.78, 5) is 73.9. The molecule has 0 radical (unpaired) electrons. The van der Waals surface area contributed by atoms with Gasteiger partial charge in [0, 0.05) is 23.7 Å². The molecule has 2 fully saturated rings. The van der Waals surface area contributed by atoms with Crippen molar-refractivity contribution < 1.29 is 33.8 Å². The van der Waals surface area contributed by atoms with Gasteiger partial charge in [-0.3, -0.25) is 29.0 Å². The van der Waals surface area contributed by atoms with Gasteiger partial charge in [-0.1, -0.05) is 54.6 Å². The van der Waals surface area contributed by atoms with E-state index in [0.717, 1.165) is 5.39 Å². The molecule has 2 unspecified atom stereocenters. The number of cyclic esters (lactones) is 1. The normalized spacial score (nSPS) is 25.1. The minimum atomic E-state index is -1.53. The summed E-state index contributed by atoms with van der Waals surface area (Å²) in [6.45, 7) is 0.0292. The summed E-state index contributed by atoms with van der Waals surface area (Å²) in [5, 5.41) is 17.0. The lowest BCUT2D eigenvalue weighted by atomic mass is 9.96. The maximum Gasteiger partial charge on any atom is 0.310 e. The van der Waals surface area contributed by atoms with E-state index in [0.29, 0.717) is 17.4 Å². The van der Waals surface area contributed by atoms with Gasteiger partial charge in [0.2, 0.25) is 18.1 Å². The Kier molecular flexibility index (Phi) is 8.07. The van der Waals surface area contributed by atoms with Crippen molar-refractivity contribution in [1.29, 1.82) is 0 Å². The Morgan fingerprint density at radius 3 is 2.43 bits per heavy atom. The van der Waals surface area contributed by atoms with Crippen LogP contribution in [0.25, 0.3) is 10.8 Å². The molecule has 44 heavy (non-hydrogen) atoms. The number of benzene rings is 2. The van der Waals surface area contributed by atoms with Crippen molar-refractivity contribution in [3.63, 3.8) is 0 Å². The summed E-state index contributed by atoms with van der Waals surface area (Å²) in [7, 11) is 0. The number of pyridine rings is 1. The van der Waals surface area contributed by atoms with Crippen molar-refractivity contribution in [3.8, 4) is 0 Å². The Morgan fingerprint density at radius 2 is 1.66 bits per heavy atom. The Bertz CT molecular complexity index is 1640. The maximum absolute atomic E-state index is 14.2. The molecule has 0 aliphatic carbocycles. The average molecular weight is 598 g/mol. The molecule has 2 aromatic carbocycles. The van der Waals surface area contributed by atoms with Crippen molar-refractivity contribution in [1.82, 2.24) is 25.4 Å². The van der Waals surface area contributed by atoms with E-state index in [1.165, 1.54) is 16.0 Å². The summed E-state index contributed by atoms with van der Waals surface area (Å²) in [5.41, 5.74) is 0.608. The number of esters is 1. The zero-order valence-corrected chi connectivity index (χ0v) is 23.7. The third-order valence-corrected chi connectivity index (χ3v) is 8.17. The highest BCUT2D eigenvalue weighted by atomic mass is 16.6. The van der Waals surface area contributed by atoms with Crippen LogP contribution in [-0.4, -0.2) is 93.0 Å². The first-order valence-corrected chi connectivity index (χ1v) is 14.4. The first-order chi connectivity index (χ1) is 21.3. The van der Waals surface area contributed by atoms with E-state index in [2.05, 4.69) is 15.6 Å². The third-order valence-electron chi connectivity index (χ3n) is 8.17. The number of ether oxygens (including phenoxy) is 1. The molecule has 0 spiro atoms. The van der Waals surface area contributed by atoms with Gasteiger partial charge < -0.3 is 30.3 Å². The summed E-state index contributed by atoms with van der Waals surface area (Å²) >= 11 is 0. The van der Waals surface area contributed by atoms with Crippen molar-refractivity contribution in [2.75, 3.05) is 13.1 Å². The lowest BCUT2D eigenvalue weighted by Gasteiger charge is -2.47. The number of hydrogen-bond donors (Lipinski definition) is 3. The van der Waals surface area contributed by atoms with Gasteiger partial charge in [0.25, 0.3) is 11.8 Å². The highest BCUT2D eigenvalue weighted by molar-refractivity contribution is 6.06. The lowest BCUT2D eigenvalue weighted by Crippen LogP contribution is -2.68. The number of rotatable bonds is 5. The molecular formula is C32H31N5O7. The van der Waals surface area contributed by atoms with Gasteiger partial charge in [-0.2, -0.15) is 0 Å². The minimum absolute atomic E-state index is 0.130. The fourth-order valence-corrected chi connectivity index (χ4v) is 5.99. The zero-order chi connectivity index (χ0) is 30.8. The van der Waals surface area contributed by atoms with E-state index in [9.17, 15) is 29.1 Å². The molecule has 3 aliphatic heterocycles. The molecule has 6 rings (SSSR count). The summed E-state index contributed by atoms with van der Waals surface area (Å²) in [6.07, 6.45) is 4.00. The van der Waals surface area contributed by atoms with Crippen LogP contribution >= 0.6 is 0 Å². The number of piperazine rings is 1. The van der Waals surface area contributed by atoms with E-state index in [1.54, 1.807) is 48.5 Å². The number of hydrogen-bond acceptors (Lipinski definition) is 8. The monoisotopic (exact) mass is 597 g/mol. The number of nitrogens with one attached hydrogen (secondary N) is 2. The van der Waals surface area contributed by atoms with E-state index in [-0.39, 0.29) is 37.5 Å². The molecule has 0 bridgehead atoms. The molecule has 1 aromatic heterocycles. The lowest BCUT2D eigenvalue weighted by molar-refractivity contribution is -0.156. The standard InChI is InChI=1S/C32H31N5O7/c38-26-16-24(32(43)44-26)35-28(39)25-18-36(30(41)20-9-2-1-3-10-20)17-21-11-5-7-13-23(31(42)37(21)25)34-29(40)27-22-12-6-4-8-19(22)14-15-33-27/h1-10,12,14-15,21,23-25,32,43H,11,13,16-18H2,(H,34,40)(H,35,39)/t21-,23-,24?,25-,32?/m0/s1. The highest BCUT2D eigenvalue weighted by Gasteiger charge is 2.46. The second-order valence-electron chi connectivity index (χ2n) is 11.0. The van der Waals surface area contributed by atoms with Crippen LogP contribution in [0.3, 0.4) is 0 Å². The fourth-order valence-electron chi connectivity index (χ4n) is 5.99. The van der Waals surface area contributed by atoms with Gasteiger partial charge in [0.1, 0.15) is 23.8 Å². The molecule has 226 valence electrons. The van der Waals surface area contributed by atoms with Crippen LogP contribution in [0.4, 0.5) is 0 Å².